The van der Waals surface area contributed by atoms with Crippen molar-refractivity contribution in [2.45, 2.75) is 39.8 Å². The fourth-order valence-electron chi connectivity index (χ4n) is 1.59. The van der Waals surface area contributed by atoms with Crippen molar-refractivity contribution in [2.75, 3.05) is 6.54 Å². The van der Waals surface area contributed by atoms with Gasteiger partial charge < -0.3 is 16.4 Å². The Hall–Kier alpha value is -1.84. The van der Waals surface area contributed by atoms with E-state index in [1.165, 1.54) is 11.3 Å². The van der Waals surface area contributed by atoms with Crippen LogP contribution in [0.25, 0.3) is 0 Å². The Balaban J connectivity index is 2.74. The van der Waals surface area contributed by atoms with Crippen LogP contribution in [0, 0.1) is 18.8 Å². The Morgan fingerprint density at radius 1 is 1.33 bits per heavy atom. The average Bonchev–Trinajstić information content (AvgIpc) is 2.77. The lowest BCUT2D eigenvalue weighted by Crippen LogP contribution is -2.46. The van der Waals surface area contributed by atoms with Gasteiger partial charge in [-0.3, -0.25) is 9.59 Å². The summed E-state index contributed by atoms with van der Waals surface area (Å²) in [5, 5.41) is 5.44. The average molecular weight is 307 g/mol. The highest BCUT2D eigenvalue weighted by atomic mass is 32.1. The van der Waals surface area contributed by atoms with E-state index in [9.17, 15) is 9.59 Å². The van der Waals surface area contributed by atoms with E-state index in [1.807, 2.05) is 20.8 Å². The highest BCUT2D eigenvalue weighted by Crippen LogP contribution is 2.20. The summed E-state index contributed by atoms with van der Waals surface area (Å²) in [6.45, 7) is 7.58. The molecule has 1 aromatic heterocycles. The van der Waals surface area contributed by atoms with E-state index in [2.05, 4.69) is 22.5 Å². The summed E-state index contributed by atoms with van der Waals surface area (Å²) >= 11 is 1.30. The van der Waals surface area contributed by atoms with Gasteiger partial charge in [0.15, 0.2) is 0 Å². The molecule has 1 heterocycles. The largest absolute Gasteiger partial charge is 0.352 e. The normalized spacial score (nSPS) is 11.5. The summed E-state index contributed by atoms with van der Waals surface area (Å²) in [4.78, 5) is 25.3. The number of thiophene rings is 1. The highest BCUT2D eigenvalue weighted by molar-refractivity contribution is 7.14. The van der Waals surface area contributed by atoms with Crippen LogP contribution >= 0.6 is 11.3 Å². The maximum absolute atomic E-state index is 12.1. The Morgan fingerprint density at radius 3 is 2.57 bits per heavy atom. The van der Waals surface area contributed by atoms with Crippen LogP contribution < -0.4 is 16.4 Å². The molecule has 2 amide bonds. The second-order valence-corrected chi connectivity index (χ2v) is 6.04. The number of carbonyl (C=O) groups is 2. The van der Waals surface area contributed by atoms with Gasteiger partial charge in [-0.05, 0) is 39.3 Å². The van der Waals surface area contributed by atoms with E-state index in [0.717, 1.165) is 10.4 Å². The molecular weight excluding hydrogens is 286 g/mol. The van der Waals surface area contributed by atoms with Gasteiger partial charge in [-0.25, -0.2) is 0 Å². The molecule has 21 heavy (non-hydrogen) atoms. The predicted octanol–water partition coefficient (Wildman–Crippen LogP) is 1.01. The molecule has 4 N–H and O–H groups in total. The van der Waals surface area contributed by atoms with Crippen LogP contribution in [0.2, 0.25) is 0 Å². The van der Waals surface area contributed by atoms with Crippen LogP contribution in [0.5, 0.6) is 0 Å². The molecule has 0 fully saturated rings. The molecule has 6 heteroatoms. The second-order valence-electron chi connectivity index (χ2n) is 4.99. The molecule has 1 atom stereocenters. The maximum Gasteiger partial charge on any atom is 0.262 e. The van der Waals surface area contributed by atoms with Gasteiger partial charge in [0.05, 0.1) is 16.3 Å². The molecule has 1 rings (SSSR count). The van der Waals surface area contributed by atoms with Crippen molar-refractivity contribution in [1.82, 2.24) is 10.6 Å². The molecule has 114 valence electrons. The molecule has 5 nitrogen and oxygen atoms in total. The first-order valence-electron chi connectivity index (χ1n) is 6.75. The summed E-state index contributed by atoms with van der Waals surface area (Å²) < 4.78 is 0. The van der Waals surface area contributed by atoms with Gasteiger partial charge in [-0.15, -0.1) is 11.3 Å². The monoisotopic (exact) mass is 307 g/mol. The van der Waals surface area contributed by atoms with Crippen molar-refractivity contribution in [3.63, 3.8) is 0 Å². The van der Waals surface area contributed by atoms with E-state index in [-0.39, 0.29) is 24.4 Å². The quantitative estimate of drug-likeness (QED) is 0.726. The SMILES string of the molecule is Cc1cc(C(=O)NC(C)C(=O)NC(C)C)sc1C#CCN. The highest BCUT2D eigenvalue weighted by Gasteiger charge is 2.18. The standard InChI is InChI=1S/C15H21N3O2S/c1-9(2)17-14(19)11(4)18-15(20)13-8-10(3)12(21-13)6-5-7-16/h8-9,11H,7,16H2,1-4H3,(H,17,19)(H,18,20). The number of carbonyl (C=O) groups excluding carboxylic acids is 2. The number of rotatable bonds is 4. The third-order valence-electron chi connectivity index (χ3n) is 2.62. The van der Waals surface area contributed by atoms with Crippen LogP contribution in [0.4, 0.5) is 0 Å². The molecule has 1 aromatic rings. The minimum absolute atomic E-state index is 0.0407. The lowest BCUT2D eigenvalue weighted by atomic mass is 10.2. The molecule has 0 saturated carbocycles. The number of nitrogens with two attached hydrogens (primary N) is 1. The van der Waals surface area contributed by atoms with E-state index in [4.69, 9.17) is 5.73 Å². The lowest BCUT2D eigenvalue weighted by molar-refractivity contribution is -0.123. The summed E-state index contributed by atoms with van der Waals surface area (Å²) in [6.07, 6.45) is 0. The zero-order valence-corrected chi connectivity index (χ0v) is 13.6. The van der Waals surface area contributed by atoms with Crippen molar-refractivity contribution in [2.24, 2.45) is 5.73 Å². The lowest BCUT2D eigenvalue weighted by Gasteiger charge is -2.15. The van der Waals surface area contributed by atoms with Gasteiger partial charge in [0, 0.05) is 6.04 Å². The van der Waals surface area contributed by atoms with Crippen LogP contribution in [0.3, 0.4) is 0 Å². The minimum Gasteiger partial charge on any atom is -0.352 e. The van der Waals surface area contributed by atoms with Crippen LogP contribution in [-0.2, 0) is 4.79 Å². The summed E-state index contributed by atoms with van der Waals surface area (Å²) in [5.74, 6) is 5.24. The zero-order chi connectivity index (χ0) is 16.0. The van der Waals surface area contributed by atoms with Crippen molar-refractivity contribution in [3.8, 4) is 11.8 Å². The predicted molar refractivity (Wildman–Crippen MR) is 85.2 cm³/mol. The van der Waals surface area contributed by atoms with Crippen molar-refractivity contribution < 1.29 is 9.59 Å². The van der Waals surface area contributed by atoms with E-state index < -0.39 is 6.04 Å². The minimum atomic E-state index is -0.583. The van der Waals surface area contributed by atoms with Gasteiger partial charge in [-0.2, -0.15) is 0 Å². The maximum atomic E-state index is 12.1. The molecule has 0 aromatic carbocycles. The fraction of sp³-hybridized carbons (Fsp3) is 0.467. The molecule has 0 radical (unpaired) electrons. The fourth-order valence-corrected chi connectivity index (χ4v) is 2.54. The number of nitrogens with one attached hydrogen (secondary N) is 2. The van der Waals surface area contributed by atoms with Gasteiger partial charge in [0.2, 0.25) is 5.91 Å². The molecule has 0 bridgehead atoms. The Morgan fingerprint density at radius 2 is 2.00 bits per heavy atom. The topological polar surface area (TPSA) is 84.2 Å². The van der Waals surface area contributed by atoms with Crippen molar-refractivity contribution in [3.05, 3.63) is 21.4 Å². The summed E-state index contributed by atoms with van der Waals surface area (Å²) in [7, 11) is 0. The zero-order valence-electron chi connectivity index (χ0n) is 12.7. The molecule has 0 spiro atoms. The van der Waals surface area contributed by atoms with Crippen molar-refractivity contribution >= 4 is 23.2 Å². The first-order chi connectivity index (χ1) is 9.85. The van der Waals surface area contributed by atoms with Gasteiger partial charge in [-0.1, -0.05) is 11.8 Å². The molecule has 0 aliphatic heterocycles. The molecule has 1 unspecified atom stereocenters. The molecule has 0 saturated heterocycles. The van der Waals surface area contributed by atoms with Crippen LogP contribution in [0.1, 0.15) is 40.9 Å². The summed E-state index contributed by atoms with van der Waals surface area (Å²) in [6, 6.07) is 1.23. The second kappa shape index (κ2) is 7.81. The van der Waals surface area contributed by atoms with Gasteiger partial charge in [0.1, 0.15) is 6.04 Å². The summed E-state index contributed by atoms with van der Waals surface area (Å²) in [5.41, 5.74) is 6.27. The van der Waals surface area contributed by atoms with E-state index >= 15 is 0 Å². The first kappa shape index (κ1) is 17.2. The molecule has 0 aliphatic rings. The molecule has 0 aliphatic carbocycles. The Labute approximate surface area is 129 Å². The van der Waals surface area contributed by atoms with Gasteiger partial charge in [0.25, 0.3) is 5.91 Å². The van der Waals surface area contributed by atoms with Crippen LogP contribution in [0.15, 0.2) is 6.07 Å². The Bertz CT molecular complexity index is 581. The van der Waals surface area contributed by atoms with Crippen LogP contribution in [-0.4, -0.2) is 30.4 Å². The Kier molecular flexibility index (Phi) is 6.40. The van der Waals surface area contributed by atoms with E-state index in [1.54, 1.807) is 13.0 Å². The number of amides is 2. The van der Waals surface area contributed by atoms with Crippen molar-refractivity contribution in [1.29, 1.82) is 0 Å². The smallest absolute Gasteiger partial charge is 0.262 e. The third kappa shape index (κ3) is 5.21. The first-order valence-corrected chi connectivity index (χ1v) is 7.57. The third-order valence-corrected chi connectivity index (χ3v) is 3.77. The van der Waals surface area contributed by atoms with Gasteiger partial charge >= 0.3 is 0 Å². The number of hydrogen-bond acceptors (Lipinski definition) is 4. The van der Waals surface area contributed by atoms with E-state index in [0.29, 0.717) is 4.88 Å². The number of hydrogen-bond donors (Lipinski definition) is 3. The molecular formula is C15H21N3O2S. The number of aryl methyl sites for hydroxylation is 1.